The van der Waals surface area contributed by atoms with Crippen LogP contribution in [0.15, 0.2) is 0 Å². The molecule has 0 aliphatic heterocycles. The van der Waals surface area contributed by atoms with E-state index in [-0.39, 0.29) is 36.2 Å². The van der Waals surface area contributed by atoms with E-state index in [0.29, 0.717) is 6.42 Å². The van der Waals surface area contributed by atoms with Crippen LogP contribution in [0.25, 0.3) is 0 Å². The van der Waals surface area contributed by atoms with E-state index in [1.807, 2.05) is 0 Å². The van der Waals surface area contributed by atoms with Gasteiger partial charge in [-0.2, -0.15) is 12.6 Å². The van der Waals surface area contributed by atoms with E-state index in [9.17, 15) is 5.11 Å². The summed E-state index contributed by atoms with van der Waals surface area (Å²) in [5.41, 5.74) is 0. The zero-order chi connectivity index (χ0) is 4.12. The fourth-order valence-corrected chi connectivity index (χ4v) is 0.194. The van der Waals surface area contributed by atoms with E-state index in [0.717, 1.165) is 5.75 Å². The van der Waals surface area contributed by atoms with Crippen molar-refractivity contribution in [3.63, 3.8) is 0 Å². The first-order chi connectivity index (χ1) is 2.41. The molecule has 0 bridgehead atoms. The van der Waals surface area contributed by atoms with Gasteiger partial charge in [-0.3, -0.25) is 0 Å². The molecule has 0 aromatic carbocycles. The van der Waals surface area contributed by atoms with Crippen molar-refractivity contribution in [3.05, 3.63) is 0 Å². The van der Waals surface area contributed by atoms with Gasteiger partial charge in [0.05, 0.1) is 0 Å². The van der Waals surface area contributed by atoms with Crippen molar-refractivity contribution in [2.45, 2.75) is 6.42 Å². The van der Waals surface area contributed by atoms with E-state index >= 15 is 0 Å². The summed E-state index contributed by atoms with van der Waals surface area (Å²) in [6.07, 6.45) is 0.698. The van der Waals surface area contributed by atoms with Crippen LogP contribution in [0.4, 0.5) is 0 Å². The molecule has 0 spiro atoms. The van der Waals surface area contributed by atoms with Gasteiger partial charge in [0.2, 0.25) is 0 Å². The van der Waals surface area contributed by atoms with Gasteiger partial charge in [0.25, 0.3) is 0 Å². The molecule has 0 saturated carbocycles. The molecule has 0 aliphatic carbocycles. The Bertz CT molecular complexity index is 18.3. The van der Waals surface area contributed by atoms with Crippen molar-refractivity contribution in [2.24, 2.45) is 0 Å². The molecular weight excluding hydrogens is 107 g/mol. The van der Waals surface area contributed by atoms with Gasteiger partial charge < -0.3 is 5.11 Å². The summed E-state index contributed by atoms with van der Waals surface area (Å²) < 4.78 is 0. The Labute approximate surface area is 65.8 Å². The van der Waals surface area contributed by atoms with Gasteiger partial charge in [0.15, 0.2) is 0 Å². The Morgan fingerprint density at radius 2 is 2.00 bits per heavy atom. The predicted octanol–water partition coefficient (Wildman–Crippen LogP) is -3.33. The Morgan fingerprint density at radius 3 is 2.00 bits per heavy atom. The maximum atomic E-state index is 9.48. The van der Waals surface area contributed by atoms with Gasteiger partial charge in [0.1, 0.15) is 0 Å². The Morgan fingerprint density at radius 1 is 1.50 bits per heavy atom. The van der Waals surface area contributed by atoms with Crippen molar-refractivity contribution in [2.75, 3.05) is 12.4 Å². The second-order valence-electron chi connectivity index (χ2n) is 0.781. The molecular formula is C3H7NaOS. The molecule has 1 nitrogen and oxygen atoms in total. The van der Waals surface area contributed by atoms with Crippen LogP contribution in [-0.4, -0.2) is 12.4 Å². The minimum Gasteiger partial charge on any atom is -0.854 e. The van der Waals surface area contributed by atoms with Gasteiger partial charge in [-0.05, 0) is 5.75 Å². The van der Waals surface area contributed by atoms with Gasteiger partial charge in [0, 0.05) is 0 Å². The van der Waals surface area contributed by atoms with Gasteiger partial charge in [-0.25, -0.2) is 0 Å². The normalized spacial score (nSPS) is 7.00. The molecule has 0 N–H and O–H groups in total. The molecule has 0 radical (unpaired) electrons. The van der Waals surface area contributed by atoms with E-state index in [1.165, 1.54) is 0 Å². The summed E-state index contributed by atoms with van der Waals surface area (Å²) in [6, 6.07) is 0. The smallest absolute Gasteiger partial charge is 0.854 e. The van der Waals surface area contributed by atoms with Gasteiger partial charge >= 0.3 is 29.6 Å². The van der Waals surface area contributed by atoms with Crippen LogP contribution in [0.2, 0.25) is 0 Å². The molecule has 0 heterocycles. The second kappa shape index (κ2) is 9.58. The van der Waals surface area contributed by atoms with Crippen LogP contribution in [0, 0.1) is 0 Å². The average Bonchev–Trinajstić information content (AvgIpc) is 1.41. The van der Waals surface area contributed by atoms with E-state index in [4.69, 9.17) is 0 Å². The third-order valence-electron chi connectivity index (χ3n) is 0.302. The zero-order valence-electron chi connectivity index (χ0n) is 3.98. The van der Waals surface area contributed by atoms with Crippen LogP contribution in [0.1, 0.15) is 6.42 Å². The Balaban J connectivity index is 0. The first-order valence-corrected chi connectivity index (χ1v) is 2.24. The quantitative estimate of drug-likeness (QED) is 0.294. The standard InChI is InChI=1S/C3H7OS.Na/c4-2-1-3-5;/h5H,1-3H2;/q-1;+1. The number of thiol groups is 1. The number of hydrogen-bond acceptors (Lipinski definition) is 2. The SMILES string of the molecule is [Na+].[O-]CCCS. The van der Waals surface area contributed by atoms with Gasteiger partial charge in [-0.15, -0.1) is 6.61 Å². The monoisotopic (exact) mass is 114 g/mol. The topological polar surface area (TPSA) is 23.1 Å². The Hall–Kier alpha value is 1.31. The maximum absolute atomic E-state index is 9.48. The Kier molecular flexibility index (Phi) is 16.5. The van der Waals surface area contributed by atoms with Crippen molar-refractivity contribution in [1.29, 1.82) is 0 Å². The van der Waals surface area contributed by atoms with Crippen LogP contribution >= 0.6 is 12.6 Å². The van der Waals surface area contributed by atoms with E-state index < -0.39 is 0 Å². The summed E-state index contributed by atoms with van der Waals surface area (Å²) in [7, 11) is 0. The first-order valence-electron chi connectivity index (χ1n) is 1.60. The molecule has 0 amide bonds. The molecule has 0 aromatic heterocycles. The fraction of sp³-hybridized carbons (Fsp3) is 1.00. The molecule has 32 valence electrons. The molecule has 0 aliphatic rings. The molecule has 0 saturated heterocycles. The van der Waals surface area contributed by atoms with Crippen LogP contribution in [0.5, 0.6) is 0 Å². The summed E-state index contributed by atoms with van der Waals surface area (Å²) in [5.74, 6) is 0.726. The van der Waals surface area contributed by atoms with Crippen molar-refractivity contribution >= 4 is 12.6 Å². The van der Waals surface area contributed by atoms with E-state index in [2.05, 4.69) is 12.6 Å². The van der Waals surface area contributed by atoms with E-state index in [1.54, 1.807) is 0 Å². The third kappa shape index (κ3) is 9.00. The molecule has 6 heavy (non-hydrogen) atoms. The molecule has 0 fully saturated rings. The van der Waals surface area contributed by atoms with Crippen molar-refractivity contribution < 1.29 is 34.7 Å². The molecule has 3 heteroatoms. The van der Waals surface area contributed by atoms with Crippen LogP contribution in [-0.2, 0) is 0 Å². The zero-order valence-corrected chi connectivity index (χ0v) is 6.87. The third-order valence-corrected chi connectivity index (χ3v) is 0.619. The largest absolute Gasteiger partial charge is 1.00 e. The van der Waals surface area contributed by atoms with Gasteiger partial charge in [-0.1, -0.05) is 6.42 Å². The van der Waals surface area contributed by atoms with Crippen molar-refractivity contribution in [1.82, 2.24) is 0 Å². The fourth-order valence-electron chi connectivity index (χ4n) is 0.0645. The summed E-state index contributed by atoms with van der Waals surface area (Å²) in [4.78, 5) is 0. The molecule has 0 atom stereocenters. The van der Waals surface area contributed by atoms with Crippen LogP contribution < -0.4 is 34.7 Å². The second-order valence-corrected chi connectivity index (χ2v) is 1.23. The maximum Gasteiger partial charge on any atom is 1.00 e. The minimum atomic E-state index is 0. The van der Waals surface area contributed by atoms with Crippen LogP contribution in [0.3, 0.4) is 0 Å². The molecule has 0 unspecified atom stereocenters. The van der Waals surface area contributed by atoms with Crippen molar-refractivity contribution in [3.8, 4) is 0 Å². The minimum absolute atomic E-state index is 0. The molecule has 0 rings (SSSR count). The number of hydrogen-bond donors (Lipinski definition) is 1. The summed E-state index contributed by atoms with van der Waals surface area (Å²) in [5, 5.41) is 9.48. The number of rotatable bonds is 2. The average molecular weight is 114 g/mol. The predicted molar refractivity (Wildman–Crippen MR) is 23.3 cm³/mol. The first kappa shape index (κ1) is 10.3. The summed E-state index contributed by atoms with van der Waals surface area (Å²) in [6.45, 7) is 0.0174. The summed E-state index contributed by atoms with van der Waals surface area (Å²) >= 11 is 3.80. The molecule has 0 aromatic rings.